The molecule has 2 N–H and O–H groups in total. The molecule has 3 aromatic rings. The van der Waals surface area contributed by atoms with Crippen LogP contribution in [0.25, 0.3) is 0 Å². The van der Waals surface area contributed by atoms with Gasteiger partial charge in [0.15, 0.2) is 5.11 Å². The zero-order valence-corrected chi connectivity index (χ0v) is 19.0. The molecule has 31 heavy (non-hydrogen) atoms. The highest BCUT2D eigenvalue weighted by molar-refractivity contribution is 7.80. The van der Waals surface area contributed by atoms with Crippen molar-refractivity contribution in [2.24, 2.45) is 0 Å². The number of hydrogen-bond donors (Lipinski definition) is 2. The molecule has 0 aromatic heterocycles. The van der Waals surface area contributed by atoms with Crippen LogP contribution in [0.5, 0.6) is 11.5 Å². The predicted molar refractivity (Wildman–Crippen MR) is 128 cm³/mol. The topological polar surface area (TPSA) is 53.6 Å². The lowest BCUT2D eigenvalue weighted by molar-refractivity contribution is -0.148. The van der Waals surface area contributed by atoms with E-state index in [1.165, 1.54) is 5.01 Å². The summed E-state index contributed by atoms with van der Waals surface area (Å²) in [5.74, 6) is 0.855. The Balaban J connectivity index is 1.40. The molecule has 1 heterocycles. The van der Waals surface area contributed by atoms with Crippen LogP contribution in [-0.2, 0) is 4.79 Å². The number of carbonyl (C=O) groups excluding carboxylic acids is 1. The largest absolute Gasteiger partial charge is 0.456 e. The van der Waals surface area contributed by atoms with E-state index in [0.29, 0.717) is 27.2 Å². The number of ether oxygens (including phenoxy) is 1. The van der Waals surface area contributed by atoms with Gasteiger partial charge in [0.25, 0.3) is 5.91 Å². The number of halogens is 3. The first kappa shape index (κ1) is 21.7. The Morgan fingerprint density at radius 3 is 2.39 bits per heavy atom. The standard InChI is InChI=1S/C22H16Cl3N3O2S/c23-14-6-9-16(10-7-14)30-18-11-8-15(12-17(18)24)26-22(31)27-28-20(19(25)21(28)29)13-4-2-1-3-5-13/h1-12,19-20H,(H2,26,27,31)/t19-,20-/m1/s1. The fourth-order valence-corrected chi connectivity index (χ4v) is 4.03. The zero-order chi connectivity index (χ0) is 22.0. The summed E-state index contributed by atoms with van der Waals surface area (Å²) in [6.07, 6.45) is 0. The highest BCUT2D eigenvalue weighted by Crippen LogP contribution is 2.37. The number of anilines is 1. The minimum absolute atomic E-state index is 0.236. The fraction of sp³-hybridized carbons (Fsp3) is 0.0909. The molecule has 1 amide bonds. The quantitative estimate of drug-likeness (QED) is 0.253. The first-order chi connectivity index (χ1) is 14.9. The van der Waals surface area contributed by atoms with Gasteiger partial charge in [-0.1, -0.05) is 53.5 Å². The monoisotopic (exact) mass is 491 g/mol. The van der Waals surface area contributed by atoms with Gasteiger partial charge in [-0.25, -0.2) is 5.01 Å². The van der Waals surface area contributed by atoms with Crippen molar-refractivity contribution in [1.82, 2.24) is 10.4 Å². The van der Waals surface area contributed by atoms with Gasteiger partial charge < -0.3 is 10.1 Å². The van der Waals surface area contributed by atoms with Gasteiger partial charge in [-0.2, -0.15) is 0 Å². The molecule has 1 aliphatic rings. The number of hydrazine groups is 1. The van der Waals surface area contributed by atoms with Crippen molar-refractivity contribution in [3.05, 3.63) is 88.4 Å². The third-order valence-corrected chi connectivity index (χ3v) is 5.79. The van der Waals surface area contributed by atoms with Gasteiger partial charge in [0.2, 0.25) is 0 Å². The summed E-state index contributed by atoms with van der Waals surface area (Å²) in [7, 11) is 0. The van der Waals surface area contributed by atoms with Crippen molar-refractivity contribution >= 4 is 63.7 Å². The van der Waals surface area contributed by atoms with Crippen LogP contribution in [0.4, 0.5) is 5.69 Å². The van der Waals surface area contributed by atoms with Crippen LogP contribution < -0.4 is 15.5 Å². The lowest BCUT2D eigenvalue weighted by Gasteiger charge is -2.44. The maximum Gasteiger partial charge on any atom is 0.262 e. The first-order valence-electron chi connectivity index (χ1n) is 9.25. The zero-order valence-electron chi connectivity index (χ0n) is 15.9. The maximum absolute atomic E-state index is 12.2. The van der Waals surface area contributed by atoms with Crippen LogP contribution in [0.15, 0.2) is 72.8 Å². The number of benzene rings is 3. The summed E-state index contributed by atoms with van der Waals surface area (Å²) in [5.41, 5.74) is 4.46. The van der Waals surface area contributed by atoms with Gasteiger partial charge in [-0.15, -0.1) is 11.6 Å². The molecular weight excluding hydrogens is 477 g/mol. The van der Waals surface area contributed by atoms with E-state index in [9.17, 15) is 4.79 Å². The van der Waals surface area contributed by atoms with Gasteiger partial charge in [0.1, 0.15) is 22.9 Å². The van der Waals surface area contributed by atoms with Crippen molar-refractivity contribution in [2.45, 2.75) is 11.4 Å². The number of nitrogens with zero attached hydrogens (tertiary/aromatic N) is 1. The van der Waals surface area contributed by atoms with Gasteiger partial charge in [0, 0.05) is 10.7 Å². The molecular formula is C22H16Cl3N3O2S. The molecule has 0 aliphatic carbocycles. The second kappa shape index (κ2) is 9.32. The maximum atomic E-state index is 12.2. The average Bonchev–Trinajstić information content (AvgIpc) is 2.77. The molecule has 0 spiro atoms. The molecule has 0 radical (unpaired) electrons. The van der Waals surface area contributed by atoms with E-state index in [4.69, 9.17) is 51.8 Å². The Kier molecular flexibility index (Phi) is 6.53. The van der Waals surface area contributed by atoms with Crippen molar-refractivity contribution in [1.29, 1.82) is 0 Å². The molecule has 4 rings (SSSR count). The number of alkyl halides is 1. The van der Waals surface area contributed by atoms with Crippen molar-refractivity contribution in [3.63, 3.8) is 0 Å². The summed E-state index contributed by atoms with van der Waals surface area (Å²) in [6, 6.07) is 21.3. The summed E-state index contributed by atoms with van der Waals surface area (Å²) >= 11 is 23.8. The molecule has 5 nitrogen and oxygen atoms in total. The van der Waals surface area contributed by atoms with E-state index in [1.807, 2.05) is 30.3 Å². The van der Waals surface area contributed by atoms with E-state index in [2.05, 4.69) is 10.7 Å². The smallest absolute Gasteiger partial charge is 0.262 e. The third-order valence-electron chi connectivity index (χ3n) is 4.62. The van der Waals surface area contributed by atoms with E-state index in [1.54, 1.807) is 42.5 Å². The lowest BCUT2D eigenvalue weighted by Crippen LogP contribution is -2.63. The minimum atomic E-state index is -0.642. The van der Waals surface area contributed by atoms with E-state index in [-0.39, 0.29) is 17.1 Å². The molecule has 1 fully saturated rings. The molecule has 0 bridgehead atoms. The number of hydrogen-bond acceptors (Lipinski definition) is 3. The highest BCUT2D eigenvalue weighted by Gasteiger charge is 2.47. The van der Waals surface area contributed by atoms with Crippen LogP contribution in [0.2, 0.25) is 10.0 Å². The van der Waals surface area contributed by atoms with Gasteiger partial charge >= 0.3 is 0 Å². The molecule has 0 unspecified atom stereocenters. The number of rotatable bonds is 5. The van der Waals surface area contributed by atoms with Crippen molar-refractivity contribution < 1.29 is 9.53 Å². The van der Waals surface area contributed by atoms with Crippen LogP contribution in [-0.4, -0.2) is 21.4 Å². The molecule has 0 saturated carbocycles. The molecule has 1 aliphatic heterocycles. The van der Waals surface area contributed by atoms with Gasteiger partial charge in [-0.3, -0.25) is 10.2 Å². The number of thiocarbonyl (C=S) groups is 1. The van der Waals surface area contributed by atoms with Crippen molar-refractivity contribution in [2.75, 3.05) is 5.32 Å². The minimum Gasteiger partial charge on any atom is -0.456 e. The number of nitrogens with one attached hydrogen (secondary N) is 2. The summed E-state index contributed by atoms with van der Waals surface area (Å²) < 4.78 is 5.77. The molecule has 2 atom stereocenters. The van der Waals surface area contributed by atoms with Crippen LogP contribution in [0.3, 0.4) is 0 Å². The van der Waals surface area contributed by atoms with Crippen LogP contribution in [0, 0.1) is 0 Å². The first-order valence-corrected chi connectivity index (χ1v) is 10.8. The predicted octanol–water partition coefficient (Wildman–Crippen LogP) is 6.18. The Bertz CT molecular complexity index is 1110. The normalized spacial score (nSPS) is 17.6. The SMILES string of the molecule is O=C1[C@H](Cl)[C@@H](c2ccccc2)N1NC(=S)Nc1ccc(Oc2ccc(Cl)cc2)c(Cl)c1. The summed E-state index contributed by atoms with van der Waals surface area (Å²) in [5, 5.41) is 5.04. The fourth-order valence-electron chi connectivity index (χ4n) is 3.11. The van der Waals surface area contributed by atoms with E-state index in [0.717, 1.165) is 5.56 Å². The Labute approximate surface area is 199 Å². The van der Waals surface area contributed by atoms with E-state index < -0.39 is 5.38 Å². The van der Waals surface area contributed by atoms with Gasteiger partial charge in [0.05, 0.1) is 5.02 Å². The molecule has 1 saturated heterocycles. The summed E-state index contributed by atoms with van der Waals surface area (Å²) in [6.45, 7) is 0. The van der Waals surface area contributed by atoms with E-state index >= 15 is 0 Å². The second-order valence-corrected chi connectivity index (χ2v) is 8.45. The Morgan fingerprint density at radius 1 is 1.00 bits per heavy atom. The van der Waals surface area contributed by atoms with Gasteiger partial charge in [-0.05, 0) is 60.2 Å². The lowest BCUT2D eigenvalue weighted by atomic mass is 9.95. The second-order valence-electron chi connectivity index (χ2n) is 6.73. The molecule has 3 aromatic carbocycles. The van der Waals surface area contributed by atoms with Crippen LogP contribution in [0.1, 0.15) is 11.6 Å². The Morgan fingerprint density at radius 2 is 1.71 bits per heavy atom. The summed E-state index contributed by atoms with van der Waals surface area (Å²) in [4.78, 5) is 12.2. The molecule has 9 heteroatoms. The number of β-lactam (4-membered cyclic amide) rings is 1. The number of carbonyl (C=O) groups is 1. The van der Waals surface area contributed by atoms with Crippen LogP contribution >= 0.6 is 47.0 Å². The highest BCUT2D eigenvalue weighted by atomic mass is 35.5. The Hall–Kier alpha value is -2.51. The van der Waals surface area contributed by atoms with Crippen molar-refractivity contribution in [3.8, 4) is 11.5 Å². The number of amides is 1. The average molecular weight is 493 g/mol. The molecule has 158 valence electrons. The third kappa shape index (κ3) is 4.88.